The quantitative estimate of drug-likeness (QED) is 0.838. The lowest BCUT2D eigenvalue weighted by Crippen LogP contribution is -2.49. The van der Waals surface area contributed by atoms with Crippen LogP contribution in [0.3, 0.4) is 0 Å². The van der Waals surface area contributed by atoms with Crippen LogP contribution in [0.5, 0.6) is 0 Å². The fourth-order valence-electron chi connectivity index (χ4n) is 3.70. The Balaban J connectivity index is 1.84. The van der Waals surface area contributed by atoms with Gasteiger partial charge in [0.25, 0.3) is 0 Å². The zero-order valence-corrected chi connectivity index (χ0v) is 13.1. The van der Waals surface area contributed by atoms with Crippen molar-refractivity contribution >= 4 is 12.0 Å². The molecular weight excluding hydrogens is 268 g/mol. The van der Waals surface area contributed by atoms with Gasteiger partial charge in [0, 0.05) is 19.6 Å². The van der Waals surface area contributed by atoms with Gasteiger partial charge in [0.15, 0.2) is 0 Å². The molecule has 2 amide bonds. The number of carbonyl (C=O) groups is 2. The van der Waals surface area contributed by atoms with E-state index < -0.39 is 11.9 Å². The number of amides is 2. The molecule has 0 aromatic carbocycles. The highest BCUT2D eigenvalue weighted by Gasteiger charge is 2.32. The van der Waals surface area contributed by atoms with Crippen molar-refractivity contribution in [2.24, 2.45) is 11.3 Å². The summed E-state index contributed by atoms with van der Waals surface area (Å²) in [5.74, 6) is -1.19. The second-order valence-electron chi connectivity index (χ2n) is 6.70. The number of nitrogens with zero attached hydrogens (tertiary/aromatic N) is 1. The van der Waals surface area contributed by atoms with Crippen LogP contribution in [-0.2, 0) is 4.79 Å². The summed E-state index contributed by atoms with van der Waals surface area (Å²) in [6.45, 7) is 3.96. The van der Waals surface area contributed by atoms with Gasteiger partial charge in [-0.3, -0.25) is 4.79 Å². The highest BCUT2D eigenvalue weighted by molar-refractivity contribution is 5.76. The van der Waals surface area contributed by atoms with Gasteiger partial charge in [0.2, 0.25) is 0 Å². The van der Waals surface area contributed by atoms with Crippen molar-refractivity contribution in [2.45, 2.75) is 58.3 Å². The fraction of sp³-hybridized carbons (Fsp3) is 0.875. The van der Waals surface area contributed by atoms with Gasteiger partial charge in [0.1, 0.15) is 0 Å². The number of hydrogen-bond donors (Lipinski definition) is 2. The summed E-state index contributed by atoms with van der Waals surface area (Å²) in [5, 5.41) is 12.2. The van der Waals surface area contributed by atoms with Gasteiger partial charge in [-0.15, -0.1) is 0 Å². The third kappa shape index (κ3) is 4.11. The van der Waals surface area contributed by atoms with E-state index in [0.29, 0.717) is 19.5 Å². The minimum Gasteiger partial charge on any atom is -0.481 e. The second kappa shape index (κ2) is 7.14. The topological polar surface area (TPSA) is 69.6 Å². The molecule has 2 N–H and O–H groups in total. The molecule has 0 aromatic rings. The van der Waals surface area contributed by atoms with E-state index >= 15 is 0 Å². The minimum atomic E-state index is -0.787. The molecule has 5 nitrogen and oxygen atoms in total. The van der Waals surface area contributed by atoms with Crippen LogP contribution < -0.4 is 5.32 Å². The first-order valence-electron chi connectivity index (χ1n) is 8.32. The first-order chi connectivity index (χ1) is 10.1. The van der Waals surface area contributed by atoms with Crippen molar-refractivity contribution in [1.29, 1.82) is 0 Å². The smallest absolute Gasteiger partial charge is 0.317 e. The second-order valence-corrected chi connectivity index (χ2v) is 6.70. The standard InChI is InChI=1S/C16H28N2O3/c1-2-16(8-4-3-5-9-16)12-17-15(21)18-10-6-7-13(11-18)14(19)20/h13H,2-12H2,1H3,(H,17,21)(H,19,20). The van der Waals surface area contributed by atoms with E-state index in [0.717, 1.165) is 19.4 Å². The summed E-state index contributed by atoms with van der Waals surface area (Å²) in [4.78, 5) is 25.0. The summed E-state index contributed by atoms with van der Waals surface area (Å²) in [6, 6.07) is -0.0839. The number of carboxylic acids is 1. The van der Waals surface area contributed by atoms with Gasteiger partial charge >= 0.3 is 12.0 Å². The largest absolute Gasteiger partial charge is 0.481 e. The number of nitrogens with one attached hydrogen (secondary N) is 1. The maximum atomic E-state index is 12.3. The number of carboxylic acid groups (broad SMARTS) is 1. The van der Waals surface area contributed by atoms with Crippen LogP contribution in [0.25, 0.3) is 0 Å². The highest BCUT2D eigenvalue weighted by atomic mass is 16.4. The van der Waals surface area contributed by atoms with E-state index in [4.69, 9.17) is 5.11 Å². The normalized spacial score (nSPS) is 25.4. The van der Waals surface area contributed by atoms with Crippen molar-refractivity contribution in [3.05, 3.63) is 0 Å². The number of likely N-dealkylation sites (tertiary alicyclic amines) is 1. The lowest BCUT2D eigenvalue weighted by Gasteiger charge is -2.38. The molecule has 1 aliphatic carbocycles. The number of aliphatic carboxylic acids is 1. The van der Waals surface area contributed by atoms with Crippen molar-refractivity contribution in [1.82, 2.24) is 10.2 Å². The van der Waals surface area contributed by atoms with Crippen LogP contribution in [0.15, 0.2) is 0 Å². The number of rotatable bonds is 4. The van der Waals surface area contributed by atoms with Crippen LogP contribution in [0.1, 0.15) is 58.3 Å². The number of piperidine rings is 1. The predicted molar refractivity (Wildman–Crippen MR) is 81.1 cm³/mol. The van der Waals surface area contributed by atoms with E-state index in [1.807, 2.05) is 0 Å². The van der Waals surface area contributed by atoms with Crippen LogP contribution in [0, 0.1) is 11.3 Å². The van der Waals surface area contributed by atoms with Gasteiger partial charge in [0.05, 0.1) is 5.92 Å². The Morgan fingerprint density at radius 1 is 1.24 bits per heavy atom. The number of hydrogen-bond acceptors (Lipinski definition) is 2. The molecule has 5 heteroatoms. The van der Waals surface area contributed by atoms with Crippen LogP contribution in [0.2, 0.25) is 0 Å². The van der Waals surface area contributed by atoms with Crippen molar-refractivity contribution in [3.8, 4) is 0 Å². The van der Waals surface area contributed by atoms with E-state index in [1.54, 1.807) is 4.90 Å². The molecule has 0 aromatic heterocycles. The SMILES string of the molecule is CCC1(CNC(=O)N2CCCC(C(=O)O)C2)CCCCC1. The van der Waals surface area contributed by atoms with Gasteiger partial charge in [-0.2, -0.15) is 0 Å². The molecule has 1 aliphatic heterocycles. The van der Waals surface area contributed by atoms with Crippen molar-refractivity contribution < 1.29 is 14.7 Å². The summed E-state index contributed by atoms with van der Waals surface area (Å²) in [5.41, 5.74) is 0.260. The molecule has 0 bridgehead atoms. The van der Waals surface area contributed by atoms with E-state index in [2.05, 4.69) is 12.2 Å². The Morgan fingerprint density at radius 3 is 2.57 bits per heavy atom. The van der Waals surface area contributed by atoms with Gasteiger partial charge in [-0.1, -0.05) is 26.2 Å². The molecule has 2 aliphatic rings. The van der Waals surface area contributed by atoms with E-state index in [-0.39, 0.29) is 11.4 Å². The average molecular weight is 296 g/mol. The van der Waals surface area contributed by atoms with Crippen LogP contribution >= 0.6 is 0 Å². The van der Waals surface area contributed by atoms with Gasteiger partial charge in [-0.25, -0.2) is 4.79 Å². The Hall–Kier alpha value is -1.26. The first kappa shape index (κ1) is 16.1. The zero-order chi connectivity index (χ0) is 15.3. The monoisotopic (exact) mass is 296 g/mol. The maximum Gasteiger partial charge on any atom is 0.317 e. The van der Waals surface area contributed by atoms with Crippen LogP contribution in [0.4, 0.5) is 4.79 Å². The zero-order valence-electron chi connectivity index (χ0n) is 13.1. The molecule has 1 heterocycles. The lowest BCUT2D eigenvalue weighted by atomic mass is 9.72. The summed E-state index contributed by atoms with van der Waals surface area (Å²) in [6.07, 6.45) is 8.78. The van der Waals surface area contributed by atoms with Gasteiger partial charge < -0.3 is 15.3 Å². The minimum absolute atomic E-state index is 0.0839. The summed E-state index contributed by atoms with van der Waals surface area (Å²) < 4.78 is 0. The molecule has 21 heavy (non-hydrogen) atoms. The number of carbonyl (C=O) groups excluding carboxylic acids is 1. The highest BCUT2D eigenvalue weighted by Crippen LogP contribution is 2.38. The predicted octanol–water partition coefficient (Wildman–Crippen LogP) is 2.85. The Morgan fingerprint density at radius 2 is 1.95 bits per heavy atom. The third-order valence-corrected chi connectivity index (χ3v) is 5.34. The fourth-order valence-corrected chi connectivity index (χ4v) is 3.70. The molecule has 1 saturated heterocycles. The Kier molecular flexibility index (Phi) is 5.48. The Bertz CT molecular complexity index is 378. The molecule has 1 atom stereocenters. The third-order valence-electron chi connectivity index (χ3n) is 5.34. The molecule has 1 unspecified atom stereocenters. The molecule has 1 saturated carbocycles. The molecular formula is C16H28N2O3. The van der Waals surface area contributed by atoms with Crippen molar-refractivity contribution in [3.63, 3.8) is 0 Å². The number of urea groups is 1. The molecule has 2 fully saturated rings. The molecule has 120 valence electrons. The summed E-state index contributed by atoms with van der Waals surface area (Å²) >= 11 is 0. The molecule has 2 rings (SSSR count). The maximum absolute atomic E-state index is 12.3. The lowest BCUT2D eigenvalue weighted by molar-refractivity contribution is -0.143. The average Bonchev–Trinajstić information content (AvgIpc) is 2.53. The first-order valence-corrected chi connectivity index (χ1v) is 8.32. The Labute approximate surface area is 127 Å². The summed E-state index contributed by atoms with van der Waals surface area (Å²) in [7, 11) is 0. The molecule has 0 radical (unpaired) electrons. The van der Waals surface area contributed by atoms with Crippen molar-refractivity contribution in [2.75, 3.05) is 19.6 Å². The van der Waals surface area contributed by atoms with E-state index in [9.17, 15) is 9.59 Å². The van der Waals surface area contributed by atoms with E-state index in [1.165, 1.54) is 32.1 Å². The van der Waals surface area contributed by atoms with Crippen LogP contribution in [-0.4, -0.2) is 41.6 Å². The molecule has 0 spiro atoms. The van der Waals surface area contributed by atoms with Gasteiger partial charge in [-0.05, 0) is 37.5 Å².